The first kappa shape index (κ1) is 13.2. The quantitative estimate of drug-likeness (QED) is 0.835. The van der Waals surface area contributed by atoms with Crippen LogP contribution < -0.4 is 10.5 Å². The number of hydrogen-bond acceptors (Lipinski definition) is 5. The average molecular weight is 276 g/mol. The van der Waals surface area contributed by atoms with Crippen LogP contribution in [0.2, 0.25) is 0 Å². The second-order valence-corrected chi connectivity index (χ2v) is 4.57. The lowest BCUT2D eigenvalue weighted by Gasteiger charge is -2.09. The number of nitrogens with zero attached hydrogens (tertiary/aromatic N) is 1. The molecule has 6 heteroatoms. The number of thioether (sulfide) groups is 1. The predicted octanol–water partition coefficient (Wildman–Crippen LogP) is 2.88. The minimum atomic E-state index is -1.11. The summed E-state index contributed by atoms with van der Waals surface area (Å²) in [5.41, 5.74) is 5.45. The van der Waals surface area contributed by atoms with Crippen molar-refractivity contribution in [1.29, 1.82) is 0 Å². The molecule has 0 aliphatic carbocycles. The number of hydrogen-bond donors (Lipinski definition) is 2. The largest absolute Gasteiger partial charge is 0.478 e. The van der Waals surface area contributed by atoms with E-state index >= 15 is 0 Å². The SMILES string of the molecule is CSc1ccc(Oc2cnc(N)cc2C(=O)O)cc1. The van der Waals surface area contributed by atoms with E-state index in [0.29, 0.717) is 5.75 Å². The van der Waals surface area contributed by atoms with Gasteiger partial charge in [0, 0.05) is 4.90 Å². The number of rotatable bonds is 4. The summed E-state index contributed by atoms with van der Waals surface area (Å²) in [5, 5.41) is 9.08. The summed E-state index contributed by atoms with van der Waals surface area (Å²) in [6.45, 7) is 0. The van der Waals surface area contributed by atoms with Gasteiger partial charge in [-0.25, -0.2) is 9.78 Å². The zero-order chi connectivity index (χ0) is 13.8. The van der Waals surface area contributed by atoms with E-state index in [2.05, 4.69) is 4.98 Å². The Morgan fingerprint density at radius 2 is 2.05 bits per heavy atom. The Labute approximate surface area is 114 Å². The summed E-state index contributed by atoms with van der Waals surface area (Å²) in [6.07, 6.45) is 3.28. The van der Waals surface area contributed by atoms with Crippen LogP contribution in [0, 0.1) is 0 Å². The van der Waals surface area contributed by atoms with Gasteiger partial charge in [-0.05, 0) is 36.6 Å². The van der Waals surface area contributed by atoms with Gasteiger partial charge >= 0.3 is 5.97 Å². The number of benzene rings is 1. The molecule has 0 atom stereocenters. The van der Waals surface area contributed by atoms with E-state index in [1.54, 1.807) is 23.9 Å². The van der Waals surface area contributed by atoms with Crippen LogP contribution >= 0.6 is 11.8 Å². The zero-order valence-electron chi connectivity index (χ0n) is 10.2. The fourth-order valence-electron chi connectivity index (χ4n) is 1.48. The van der Waals surface area contributed by atoms with Gasteiger partial charge in [0.1, 0.15) is 17.1 Å². The molecule has 0 amide bonds. The van der Waals surface area contributed by atoms with Crippen LogP contribution in [0.4, 0.5) is 5.82 Å². The van der Waals surface area contributed by atoms with Crippen molar-refractivity contribution in [3.8, 4) is 11.5 Å². The first-order valence-corrected chi connectivity index (χ1v) is 6.63. The Hall–Kier alpha value is -2.21. The number of carboxylic acid groups (broad SMARTS) is 1. The number of nitrogens with two attached hydrogens (primary N) is 1. The molecule has 0 spiro atoms. The third-order valence-corrected chi connectivity index (χ3v) is 3.15. The molecule has 5 nitrogen and oxygen atoms in total. The van der Waals surface area contributed by atoms with Gasteiger partial charge in [0.15, 0.2) is 5.75 Å². The van der Waals surface area contributed by atoms with Crippen LogP contribution in [-0.4, -0.2) is 22.3 Å². The van der Waals surface area contributed by atoms with Crippen molar-refractivity contribution in [2.75, 3.05) is 12.0 Å². The molecule has 0 bridgehead atoms. The van der Waals surface area contributed by atoms with E-state index in [1.807, 2.05) is 18.4 Å². The van der Waals surface area contributed by atoms with Crippen molar-refractivity contribution in [3.63, 3.8) is 0 Å². The number of aromatic nitrogens is 1. The minimum absolute atomic E-state index is 0.0126. The van der Waals surface area contributed by atoms with Crippen molar-refractivity contribution in [2.24, 2.45) is 0 Å². The monoisotopic (exact) mass is 276 g/mol. The lowest BCUT2D eigenvalue weighted by Crippen LogP contribution is -2.03. The van der Waals surface area contributed by atoms with Crippen molar-refractivity contribution < 1.29 is 14.6 Å². The summed E-state index contributed by atoms with van der Waals surface area (Å²) in [7, 11) is 0. The van der Waals surface area contributed by atoms with E-state index in [-0.39, 0.29) is 17.1 Å². The molecular formula is C13H12N2O3S. The molecule has 98 valence electrons. The van der Waals surface area contributed by atoms with E-state index in [9.17, 15) is 4.79 Å². The smallest absolute Gasteiger partial charge is 0.339 e. The average Bonchev–Trinajstić information content (AvgIpc) is 2.41. The fourth-order valence-corrected chi connectivity index (χ4v) is 1.89. The number of carbonyl (C=O) groups is 1. The molecule has 2 rings (SSSR count). The van der Waals surface area contributed by atoms with Gasteiger partial charge in [-0.3, -0.25) is 0 Å². The maximum atomic E-state index is 11.1. The molecule has 19 heavy (non-hydrogen) atoms. The van der Waals surface area contributed by atoms with Gasteiger partial charge in [-0.1, -0.05) is 0 Å². The molecule has 0 aliphatic heterocycles. The Morgan fingerprint density at radius 3 is 2.63 bits per heavy atom. The molecule has 3 N–H and O–H groups in total. The molecule has 1 aromatic carbocycles. The molecule has 0 aliphatic rings. The van der Waals surface area contributed by atoms with Crippen LogP contribution in [0.5, 0.6) is 11.5 Å². The highest BCUT2D eigenvalue weighted by Gasteiger charge is 2.13. The summed E-state index contributed by atoms with van der Waals surface area (Å²) in [5.74, 6) is -0.252. The first-order chi connectivity index (χ1) is 9.10. The van der Waals surface area contributed by atoms with Gasteiger partial charge in [-0.2, -0.15) is 0 Å². The lowest BCUT2D eigenvalue weighted by molar-refractivity contribution is 0.0694. The highest BCUT2D eigenvalue weighted by molar-refractivity contribution is 7.98. The van der Waals surface area contributed by atoms with Crippen molar-refractivity contribution >= 4 is 23.5 Å². The van der Waals surface area contributed by atoms with Gasteiger partial charge in [-0.15, -0.1) is 11.8 Å². The summed E-state index contributed by atoms with van der Waals surface area (Å²) in [4.78, 5) is 16.0. The molecule has 1 aromatic heterocycles. The summed E-state index contributed by atoms with van der Waals surface area (Å²) < 4.78 is 5.52. The molecule has 2 aromatic rings. The maximum absolute atomic E-state index is 11.1. The van der Waals surface area contributed by atoms with Gasteiger partial charge in [0.25, 0.3) is 0 Å². The van der Waals surface area contributed by atoms with E-state index in [0.717, 1.165) is 4.90 Å². The summed E-state index contributed by atoms with van der Waals surface area (Å²) >= 11 is 1.62. The first-order valence-electron chi connectivity index (χ1n) is 5.41. The van der Waals surface area contributed by atoms with Gasteiger partial charge in [0.2, 0.25) is 0 Å². The van der Waals surface area contributed by atoms with Crippen molar-refractivity contribution in [1.82, 2.24) is 4.98 Å². The topological polar surface area (TPSA) is 85.4 Å². The van der Waals surface area contributed by atoms with Gasteiger partial charge < -0.3 is 15.6 Å². The van der Waals surface area contributed by atoms with Gasteiger partial charge in [0.05, 0.1) is 6.20 Å². The number of aromatic carboxylic acids is 1. The second kappa shape index (κ2) is 5.62. The number of carboxylic acids is 1. The molecule has 0 unspecified atom stereocenters. The Kier molecular flexibility index (Phi) is 3.91. The zero-order valence-corrected chi connectivity index (χ0v) is 11.0. The molecule has 0 fully saturated rings. The van der Waals surface area contributed by atoms with Crippen LogP contribution in [-0.2, 0) is 0 Å². The Bertz CT molecular complexity index is 599. The normalized spacial score (nSPS) is 10.2. The second-order valence-electron chi connectivity index (χ2n) is 3.69. The highest BCUT2D eigenvalue weighted by atomic mass is 32.2. The van der Waals surface area contributed by atoms with Crippen molar-refractivity contribution in [2.45, 2.75) is 4.90 Å². The summed E-state index contributed by atoms with van der Waals surface area (Å²) in [6, 6.07) is 8.60. The molecule has 0 radical (unpaired) electrons. The molecular weight excluding hydrogens is 264 g/mol. The van der Waals surface area contributed by atoms with E-state index in [1.165, 1.54) is 12.3 Å². The lowest BCUT2D eigenvalue weighted by atomic mass is 10.2. The standard InChI is InChI=1S/C13H12N2O3S/c1-19-9-4-2-8(3-5-9)18-11-7-15-12(14)6-10(11)13(16)17/h2-7H,1H3,(H2,14,15)(H,16,17). The Balaban J connectivity index is 2.29. The minimum Gasteiger partial charge on any atom is -0.478 e. The Morgan fingerprint density at radius 1 is 1.37 bits per heavy atom. The van der Waals surface area contributed by atoms with Crippen molar-refractivity contribution in [3.05, 3.63) is 42.1 Å². The van der Waals surface area contributed by atoms with E-state index < -0.39 is 5.97 Å². The van der Waals surface area contributed by atoms with Crippen LogP contribution in [0.3, 0.4) is 0 Å². The van der Waals surface area contributed by atoms with Crippen LogP contribution in [0.25, 0.3) is 0 Å². The number of pyridine rings is 1. The fraction of sp³-hybridized carbons (Fsp3) is 0.0769. The molecule has 0 saturated heterocycles. The molecule has 1 heterocycles. The van der Waals surface area contributed by atoms with Crippen LogP contribution in [0.15, 0.2) is 41.4 Å². The third kappa shape index (κ3) is 3.17. The van der Waals surface area contributed by atoms with Crippen LogP contribution in [0.1, 0.15) is 10.4 Å². The predicted molar refractivity (Wildman–Crippen MR) is 73.9 cm³/mol. The van der Waals surface area contributed by atoms with E-state index in [4.69, 9.17) is 15.6 Å². The highest BCUT2D eigenvalue weighted by Crippen LogP contribution is 2.27. The maximum Gasteiger partial charge on any atom is 0.339 e. The number of nitrogen functional groups attached to an aromatic ring is 1. The molecule has 0 saturated carbocycles. The number of ether oxygens (including phenoxy) is 1. The third-order valence-electron chi connectivity index (χ3n) is 2.41. The number of anilines is 1.